The van der Waals surface area contributed by atoms with E-state index in [2.05, 4.69) is 23.4 Å². The molecule has 0 bridgehead atoms. The standard InChI is InChI=1S/C27H53NOS/c1-2-3-4-5-6-7-8-9-10-11-12-13-14-15-17-20-24-29-25-21-18-16-19-22-28-23-26-30-27-28/h23,26H,2-22,24-25,27H2,1H3. The second kappa shape index (κ2) is 23.5. The molecule has 1 rings (SSSR count). The largest absolute Gasteiger partial charge is 0.381 e. The number of hydrogen-bond donors (Lipinski definition) is 0. The Balaban J connectivity index is 1.61. The van der Waals surface area contributed by atoms with Crippen LogP contribution in [0.4, 0.5) is 0 Å². The molecule has 0 amide bonds. The van der Waals surface area contributed by atoms with E-state index in [9.17, 15) is 0 Å². The van der Waals surface area contributed by atoms with Crippen molar-refractivity contribution in [3.63, 3.8) is 0 Å². The summed E-state index contributed by atoms with van der Waals surface area (Å²) in [7, 11) is 0. The summed E-state index contributed by atoms with van der Waals surface area (Å²) in [6.45, 7) is 5.47. The van der Waals surface area contributed by atoms with Gasteiger partial charge in [-0.15, -0.1) is 11.8 Å². The summed E-state index contributed by atoms with van der Waals surface area (Å²) >= 11 is 1.90. The second-order valence-electron chi connectivity index (χ2n) is 9.22. The number of nitrogens with zero attached hydrogens (tertiary/aromatic N) is 1. The molecule has 0 aliphatic carbocycles. The zero-order valence-electron chi connectivity index (χ0n) is 20.4. The van der Waals surface area contributed by atoms with Gasteiger partial charge in [0, 0.05) is 26.0 Å². The minimum atomic E-state index is 0.970. The molecule has 178 valence electrons. The van der Waals surface area contributed by atoms with Crippen LogP contribution in [0.15, 0.2) is 11.6 Å². The van der Waals surface area contributed by atoms with Crippen molar-refractivity contribution < 1.29 is 4.74 Å². The average molecular weight is 440 g/mol. The first kappa shape index (κ1) is 27.9. The smallest absolute Gasteiger partial charge is 0.0675 e. The molecule has 0 aromatic heterocycles. The van der Waals surface area contributed by atoms with Crippen molar-refractivity contribution in [2.45, 2.75) is 135 Å². The normalized spacial score (nSPS) is 13.6. The highest BCUT2D eigenvalue weighted by Crippen LogP contribution is 2.16. The topological polar surface area (TPSA) is 12.5 Å². The highest BCUT2D eigenvalue weighted by Gasteiger charge is 2.03. The van der Waals surface area contributed by atoms with Crippen LogP contribution in [0.2, 0.25) is 0 Å². The molecule has 0 N–H and O–H groups in total. The van der Waals surface area contributed by atoms with Crippen LogP contribution in [-0.2, 0) is 4.74 Å². The Morgan fingerprint density at radius 2 is 1.03 bits per heavy atom. The van der Waals surface area contributed by atoms with Gasteiger partial charge in [-0.05, 0) is 24.7 Å². The third-order valence-corrected chi connectivity index (χ3v) is 7.03. The summed E-state index contributed by atoms with van der Waals surface area (Å²) in [4.78, 5) is 2.42. The van der Waals surface area contributed by atoms with Crippen LogP contribution in [0.3, 0.4) is 0 Å². The highest BCUT2D eigenvalue weighted by molar-refractivity contribution is 8.02. The Kier molecular flexibility index (Phi) is 21.9. The maximum atomic E-state index is 5.81. The Morgan fingerprint density at radius 3 is 1.47 bits per heavy atom. The van der Waals surface area contributed by atoms with Crippen LogP contribution in [-0.4, -0.2) is 30.5 Å². The van der Waals surface area contributed by atoms with E-state index >= 15 is 0 Å². The quantitative estimate of drug-likeness (QED) is 0.139. The molecule has 0 spiro atoms. The minimum Gasteiger partial charge on any atom is -0.381 e. The lowest BCUT2D eigenvalue weighted by molar-refractivity contribution is 0.125. The predicted octanol–water partition coefficient (Wildman–Crippen LogP) is 9.30. The average Bonchev–Trinajstić information content (AvgIpc) is 3.28. The molecule has 0 saturated heterocycles. The maximum absolute atomic E-state index is 5.81. The first-order valence-electron chi connectivity index (χ1n) is 13.5. The first-order valence-corrected chi connectivity index (χ1v) is 14.6. The van der Waals surface area contributed by atoms with Gasteiger partial charge in [0.15, 0.2) is 0 Å². The van der Waals surface area contributed by atoms with Gasteiger partial charge >= 0.3 is 0 Å². The van der Waals surface area contributed by atoms with E-state index < -0.39 is 0 Å². The summed E-state index contributed by atoms with van der Waals surface area (Å²) in [5.74, 6) is 1.16. The number of hydrogen-bond acceptors (Lipinski definition) is 3. The molecule has 0 unspecified atom stereocenters. The van der Waals surface area contributed by atoms with Crippen molar-refractivity contribution in [3.05, 3.63) is 11.6 Å². The lowest BCUT2D eigenvalue weighted by Gasteiger charge is -2.13. The van der Waals surface area contributed by atoms with Gasteiger partial charge in [-0.1, -0.05) is 116 Å². The summed E-state index contributed by atoms with van der Waals surface area (Å²) in [5, 5.41) is 2.20. The fraction of sp³-hybridized carbons (Fsp3) is 0.926. The molecule has 30 heavy (non-hydrogen) atoms. The molecule has 0 radical (unpaired) electrons. The molecular formula is C27H53NOS. The molecular weight excluding hydrogens is 386 g/mol. The van der Waals surface area contributed by atoms with Crippen molar-refractivity contribution in [2.75, 3.05) is 25.6 Å². The third kappa shape index (κ3) is 19.8. The molecule has 1 heterocycles. The van der Waals surface area contributed by atoms with Gasteiger partial charge < -0.3 is 9.64 Å². The van der Waals surface area contributed by atoms with E-state index in [1.165, 1.54) is 135 Å². The van der Waals surface area contributed by atoms with Crippen molar-refractivity contribution in [3.8, 4) is 0 Å². The molecule has 0 aromatic carbocycles. The highest BCUT2D eigenvalue weighted by atomic mass is 32.2. The van der Waals surface area contributed by atoms with E-state index in [0.717, 1.165) is 19.1 Å². The van der Waals surface area contributed by atoms with E-state index in [1.54, 1.807) is 0 Å². The van der Waals surface area contributed by atoms with Gasteiger partial charge in [0.2, 0.25) is 0 Å². The molecule has 0 fully saturated rings. The van der Waals surface area contributed by atoms with Crippen LogP contribution >= 0.6 is 11.8 Å². The van der Waals surface area contributed by atoms with Gasteiger partial charge in [0.05, 0.1) is 5.88 Å². The predicted molar refractivity (Wildman–Crippen MR) is 137 cm³/mol. The van der Waals surface area contributed by atoms with E-state index in [4.69, 9.17) is 4.74 Å². The molecule has 0 saturated carbocycles. The third-order valence-electron chi connectivity index (χ3n) is 6.23. The number of thioether (sulfide) groups is 1. The summed E-state index contributed by atoms with van der Waals surface area (Å²) in [5.41, 5.74) is 0. The zero-order chi connectivity index (χ0) is 21.4. The van der Waals surface area contributed by atoms with Crippen LogP contribution < -0.4 is 0 Å². The zero-order valence-corrected chi connectivity index (χ0v) is 21.2. The molecule has 1 aliphatic rings. The Hall–Kier alpha value is -0.150. The van der Waals surface area contributed by atoms with Crippen LogP contribution in [0.25, 0.3) is 0 Å². The Bertz CT molecular complexity index is 361. The number of unbranched alkanes of at least 4 members (excludes halogenated alkanes) is 18. The van der Waals surface area contributed by atoms with E-state index in [1.807, 2.05) is 11.8 Å². The monoisotopic (exact) mass is 439 g/mol. The SMILES string of the molecule is CCCCCCCCCCCCCCCCCCOCCCCCCN1C=CSC1. The lowest BCUT2D eigenvalue weighted by Crippen LogP contribution is -2.14. The summed E-state index contributed by atoms with van der Waals surface area (Å²) in [6.07, 6.45) is 30.4. The van der Waals surface area contributed by atoms with Crippen molar-refractivity contribution in [1.82, 2.24) is 4.90 Å². The molecule has 2 nitrogen and oxygen atoms in total. The first-order chi connectivity index (χ1) is 14.9. The van der Waals surface area contributed by atoms with E-state index in [-0.39, 0.29) is 0 Å². The molecule has 1 aliphatic heterocycles. The molecule has 3 heteroatoms. The van der Waals surface area contributed by atoms with Crippen molar-refractivity contribution >= 4 is 11.8 Å². The maximum Gasteiger partial charge on any atom is 0.0675 e. The Labute approximate surface area is 194 Å². The number of rotatable bonds is 24. The van der Waals surface area contributed by atoms with Gasteiger partial charge in [0.25, 0.3) is 0 Å². The summed E-state index contributed by atoms with van der Waals surface area (Å²) in [6, 6.07) is 0. The Morgan fingerprint density at radius 1 is 0.600 bits per heavy atom. The van der Waals surface area contributed by atoms with Gasteiger partial charge in [0.1, 0.15) is 0 Å². The second-order valence-corrected chi connectivity index (χ2v) is 10.1. The number of ether oxygens (including phenoxy) is 1. The van der Waals surface area contributed by atoms with E-state index in [0.29, 0.717) is 0 Å². The van der Waals surface area contributed by atoms with Crippen LogP contribution in [0.1, 0.15) is 135 Å². The minimum absolute atomic E-state index is 0.970. The van der Waals surface area contributed by atoms with Gasteiger partial charge in [-0.2, -0.15) is 0 Å². The fourth-order valence-electron chi connectivity index (χ4n) is 4.18. The van der Waals surface area contributed by atoms with Gasteiger partial charge in [-0.25, -0.2) is 0 Å². The van der Waals surface area contributed by atoms with Crippen molar-refractivity contribution in [2.24, 2.45) is 0 Å². The molecule has 0 atom stereocenters. The summed E-state index contributed by atoms with van der Waals surface area (Å²) < 4.78 is 5.81. The van der Waals surface area contributed by atoms with Crippen LogP contribution in [0.5, 0.6) is 0 Å². The fourth-order valence-corrected chi connectivity index (χ4v) is 4.93. The van der Waals surface area contributed by atoms with Crippen molar-refractivity contribution in [1.29, 1.82) is 0 Å². The van der Waals surface area contributed by atoms with Crippen LogP contribution in [0, 0.1) is 0 Å². The van der Waals surface area contributed by atoms with Gasteiger partial charge in [-0.3, -0.25) is 0 Å². The molecule has 0 aromatic rings. The lowest BCUT2D eigenvalue weighted by atomic mass is 10.0.